The predicted molar refractivity (Wildman–Crippen MR) is 305 cm³/mol. The van der Waals surface area contributed by atoms with E-state index < -0.39 is 10.8 Å². The largest absolute Gasteiger partial charge is 0.310 e. The van der Waals surface area contributed by atoms with Gasteiger partial charge in [-0.15, -0.1) is 0 Å². The van der Waals surface area contributed by atoms with Gasteiger partial charge in [-0.1, -0.05) is 212 Å². The number of para-hydroxylation sites is 1. The molecule has 2 heteroatoms. The van der Waals surface area contributed by atoms with E-state index in [1.165, 1.54) is 138 Å². The Balaban J connectivity index is 0.914. The monoisotopic (exact) mass is 934 g/mol. The molecule has 0 radical (unpaired) electrons. The van der Waals surface area contributed by atoms with Crippen molar-refractivity contribution >= 4 is 49.6 Å². The van der Waals surface area contributed by atoms with Gasteiger partial charge in [-0.05, 0) is 142 Å². The molecule has 2 spiro atoms. The molecule has 1 aromatic heterocycles. The maximum Gasteiger partial charge on any atom is 0.0726 e. The van der Waals surface area contributed by atoms with Gasteiger partial charge in [0.2, 0.25) is 0 Å². The Kier molecular flexibility index (Phi) is 7.26. The van der Waals surface area contributed by atoms with Crippen molar-refractivity contribution in [2.45, 2.75) is 10.8 Å². The van der Waals surface area contributed by atoms with E-state index in [1.54, 1.807) is 0 Å². The maximum absolute atomic E-state index is 2.62. The van der Waals surface area contributed by atoms with Crippen LogP contribution in [0.15, 0.2) is 255 Å². The van der Waals surface area contributed by atoms with Crippen LogP contribution in [0.3, 0.4) is 0 Å². The third kappa shape index (κ3) is 4.49. The van der Waals surface area contributed by atoms with Crippen molar-refractivity contribution in [2.75, 3.05) is 4.90 Å². The molecule has 4 aliphatic carbocycles. The van der Waals surface area contributed by atoms with Gasteiger partial charge in [-0.25, -0.2) is 0 Å². The van der Waals surface area contributed by atoms with E-state index in [1.807, 2.05) is 0 Å². The Bertz CT molecular complexity index is 4610. The molecule has 0 atom stereocenters. The lowest BCUT2D eigenvalue weighted by molar-refractivity contribution is 0.794. The van der Waals surface area contributed by atoms with Gasteiger partial charge in [0, 0.05) is 39.0 Å². The highest BCUT2D eigenvalue weighted by molar-refractivity contribution is 6.20. The van der Waals surface area contributed by atoms with Gasteiger partial charge >= 0.3 is 0 Å². The summed E-state index contributed by atoms with van der Waals surface area (Å²) in [4.78, 5) is 2.51. The van der Waals surface area contributed by atoms with E-state index in [4.69, 9.17) is 0 Å². The molecule has 2 heterocycles. The molecule has 0 amide bonds. The van der Waals surface area contributed by atoms with Crippen LogP contribution < -0.4 is 4.90 Å². The molecule has 0 fully saturated rings. The first kappa shape index (κ1) is 39.2. The Morgan fingerprint density at radius 2 is 0.730 bits per heavy atom. The zero-order valence-corrected chi connectivity index (χ0v) is 40.1. The summed E-state index contributed by atoms with van der Waals surface area (Å²) in [6.07, 6.45) is 0. The minimum Gasteiger partial charge on any atom is -0.310 e. The second-order valence-corrected chi connectivity index (χ2v) is 21.0. The number of aromatic nitrogens is 1. The van der Waals surface area contributed by atoms with Crippen LogP contribution in [-0.4, -0.2) is 4.57 Å². The Hall–Kier alpha value is -9.50. The first-order valence-electron chi connectivity index (χ1n) is 26.0. The van der Waals surface area contributed by atoms with Crippen molar-refractivity contribution in [2.24, 2.45) is 0 Å². The molecule has 0 N–H and O–H groups in total. The van der Waals surface area contributed by atoms with Crippen LogP contribution in [0.4, 0.5) is 17.1 Å². The summed E-state index contributed by atoms with van der Waals surface area (Å²) in [6, 6.07) is 97.0. The number of rotatable bonds is 3. The molecular weight excluding hydrogens is 893 g/mol. The van der Waals surface area contributed by atoms with Gasteiger partial charge in [-0.3, -0.25) is 0 Å². The molecule has 12 aromatic carbocycles. The summed E-state index contributed by atoms with van der Waals surface area (Å²) >= 11 is 0. The van der Waals surface area contributed by atoms with Crippen molar-refractivity contribution in [1.29, 1.82) is 0 Å². The lowest BCUT2D eigenvalue weighted by Gasteiger charge is -2.31. The van der Waals surface area contributed by atoms with Gasteiger partial charge in [0.15, 0.2) is 0 Å². The molecule has 5 aliphatic rings. The highest BCUT2D eigenvalue weighted by atomic mass is 15.1. The molecule has 2 nitrogen and oxygen atoms in total. The van der Waals surface area contributed by atoms with Gasteiger partial charge in [0.05, 0.1) is 27.6 Å². The van der Waals surface area contributed by atoms with Crippen molar-refractivity contribution < 1.29 is 0 Å². The normalized spacial score (nSPS) is 14.4. The average Bonchev–Trinajstić information content (AvgIpc) is 4.28. The van der Waals surface area contributed by atoms with Crippen LogP contribution >= 0.6 is 0 Å². The summed E-state index contributed by atoms with van der Waals surface area (Å²) < 4.78 is 2.62. The van der Waals surface area contributed by atoms with Crippen LogP contribution in [0.5, 0.6) is 0 Å². The number of fused-ring (bicyclic) bond motifs is 24. The van der Waals surface area contributed by atoms with Crippen LogP contribution in [0.1, 0.15) is 44.5 Å². The molecule has 340 valence electrons. The summed E-state index contributed by atoms with van der Waals surface area (Å²) in [5, 5.41) is 4.98. The number of hydrogen-bond donors (Lipinski definition) is 0. The summed E-state index contributed by atoms with van der Waals surface area (Å²) in [5.41, 5.74) is 30.1. The number of hydrogen-bond acceptors (Lipinski definition) is 1. The second kappa shape index (κ2) is 13.7. The zero-order chi connectivity index (χ0) is 48.0. The summed E-state index contributed by atoms with van der Waals surface area (Å²) in [5.74, 6) is 0. The highest BCUT2D eigenvalue weighted by Gasteiger charge is 2.54. The van der Waals surface area contributed by atoms with E-state index in [0.29, 0.717) is 0 Å². The number of benzene rings is 12. The van der Waals surface area contributed by atoms with Crippen molar-refractivity contribution in [1.82, 2.24) is 4.57 Å². The van der Waals surface area contributed by atoms with E-state index in [9.17, 15) is 0 Å². The minimum absolute atomic E-state index is 0.416. The third-order valence-corrected chi connectivity index (χ3v) is 17.9. The van der Waals surface area contributed by atoms with Crippen molar-refractivity contribution in [3.63, 3.8) is 0 Å². The molecule has 0 unspecified atom stereocenters. The lowest BCUT2D eigenvalue weighted by atomic mass is 9.70. The lowest BCUT2D eigenvalue weighted by Crippen LogP contribution is -2.26. The van der Waals surface area contributed by atoms with E-state index in [2.05, 4.69) is 264 Å². The van der Waals surface area contributed by atoms with Crippen molar-refractivity contribution in [3.8, 4) is 61.3 Å². The summed E-state index contributed by atoms with van der Waals surface area (Å²) in [6.45, 7) is 0. The maximum atomic E-state index is 2.62. The molecular formula is C72H42N2. The molecule has 18 rings (SSSR count). The van der Waals surface area contributed by atoms with Gasteiger partial charge < -0.3 is 9.47 Å². The standard InChI is InChI=1S/C72H42N2/c1-2-17-44-40-45(33-32-43(44)16-1)73(46-35-38-63-57(41-46)52-22-7-13-29-62(52)71(63)58-25-9-3-18-48(58)49-19-4-10-26-59(49)71)47-34-36-54-55-24-15-30-64-68(55)69-65(72(64)60-27-11-5-20-50(60)51-21-6-12-28-61(51)72)39-37-56-53-23-8-14-31-66(53)74(70(56)69)67(54)42-47/h1-42H. The summed E-state index contributed by atoms with van der Waals surface area (Å²) in [7, 11) is 0. The van der Waals surface area contributed by atoms with E-state index >= 15 is 0 Å². The van der Waals surface area contributed by atoms with Crippen LogP contribution in [0, 0.1) is 0 Å². The molecule has 13 aromatic rings. The van der Waals surface area contributed by atoms with Crippen molar-refractivity contribution in [3.05, 3.63) is 299 Å². The third-order valence-electron chi connectivity index (χ3n) is 17.9. The number of nitrogens with zero attached hydrogens (tertiary/aromatic N) is 2. The number of anilines is 3. The topological polar surface area (TPSA) is 8.17 Å². The smallest absolute Gasteiger partial charge is 0.0726 e. The predicted octanol–water partition coefficient (Wildman–Crippen LogP) is 18.1. The van der Waals surface area contributed by atoms with Gasteiger partial charge in [0.25, 0.3) is 0 Å². The fourth-order valence-electron chi connectivity index (χ4n) is 15.3. The quantitative estimate of drug-likeness (QED) is 0.171. The highest BCUT2D eigenvalue weighted by Crippen LogP contribution is 2.67. The fourth-order valence-corrected chi connectivity index (χ4v) is 15.3. The Morgan fingerprint density at radius 3 is 1.41 bits per heavy atom. The second-order valence-electron chi connectivity index (χ2n) is 21.0. The zero-order valence-electron chi connectivity index (χ0n) is 40.1. The first-order valence-corrected chi connectivity index (χ1v) is 26.0. The van der Waals surface area contributed by atoms with Gasteiger partial charge in [-0.2, -0.15) is 0 Å². The molecule has 1 aliphatic heterocycles. The molecule has 0 saturated carbocycles. The minimum atomic E-state index is -0.443. The Morgan fingerprint density at radius 1 is 0.270 bits per heavy atom. The molecule has 0 saturated heterocycles. The molecule has 74 heavy (non-hydrogen) atoms. The SMILES string of the molecule is c1ccc2c(c1)-c1ccccc1C21c2ccccc2-c2cc(N(c3ccc4c(c3)-n3c5ccccc5c5ccc6c(c53)-c3c-4cccc3C63c4ccccc4-c4ccccc43)c3ccc4ccccc4c3)ccc21. The molecule has 0 bridgehead atoms. The average molecular weight is 935 g/mol. The Labute approximate surface area is 428 Å². The van der Waals surface area contributed by atoms with Crippen LogP contribution in [-0.2, 0) is 10.8 Å². The fraction of sp³-hybridized carbons (Fsp3) is 0.0278. The van der Waals surface area contributed by atoms with E-state index in [0.717, 1.165) is 17.1 Å². The van der Waals surface area contributed by atoms with Gasteiger partial charge in [0.1, 0.15) is 0 Å². The first-order chi connectivity index (χ1) is 36.7. The van der Waals surface area contributed by atoms with E-state index in [-0.39, 0.29) is 0 Å². The van der Waals surface area contributed by atoms with Crippen LogP contribution in [0.2, 0.25) is 0 Å². The van der Waals surface area contributed by atoms with Crippen LogP contribution in [0.25, 0.3) is 93.9 Å².